The Morgan fingerprint density at radius 1 is 1.36 bits per heavy atom. The van der Waals surface area contributed by atoms with Crippen molar-refractivity contribution < 1.29 is 5.11 Å². The molecule has 0 bridgehead atoms. The van der Waals surface area contributed by atoms with E-state index < -0.39 is 0 Å². The van der Waals surface area contributed by atoms with Crippen molar-refractivity contribution in [3.8, 4) is 5.75 Å². The minimum Gasteiger partial charge on any atom is -0.506 e. The van der Waals surface area contributed by atoms with E-state index >= 15 is 0 Å². The van der Waals surface area contributed by atoms with Gasteiger partial charge in [-0.2, -0.15) is 0 Å². The highest BCUT2D eigenvalue weighted by atomic mass is 35.5. The molecule has 0 saturated heterocycles. The molecular formula is C12H17ClO. The first-order valence-corrected chi connectivity index (χ1v) is 5.34. The van der Waals surface area contributed by atoms with Gasteiger partial charge in [-0.15, -0.1) is 0 Å². The zero-order chi connectivity index (χ0) is 10.8. The van der Waals surface area contributed by atoms with Gasteiger partial charge in [-0.1, -0.05) is 44.9 Å². The Balaban J connectivity index is 3.01. The summed E-state index contributed by atoms with van der Waals surface area (Å²) in [4.78, 5) is 0. The predicted octanol–water partition coefficient (Wildman–Crippen LogP) is 4.12. The maximum Gasteiger partial charge on any atom is 0.134 e. The Bertz CT molecular complexity index is 318. The minimum atomic E-state index is 0.131. The van der Waals surface area contributed by atoms with Crippen molar-refractivity contribution in [1.29, 1.82) is 0 Å². The first kappa shape index (κ1) is 11.4. The van der Waals surface area contributed by atoms with Crippen LogP contribution in [0.25, 0.3) is 0 Å². The van der Waals surface area contributed by atoms with Gasteiger partial charge >= 0.3 is 0 Å². The summed E-state index contributed by atoms with van der Waals surface area (Å²) in [7, 11) is 0. The van der Waals surface area contributed by atoms with Crippen LogP contribution in [-0.2, 0) is 5.41 Å². The second-order valence-corrected chi connectivity index (χ2v) is 4.71. The highest BCUT2D eigenvalue weighted by Crippen LogP contribution is 2.33. The van der Waals surface area contributed by atoms with E-state index in [0.29, 0.717) is 5.02 Å². The average molecular weight is 213 g/mol. The lowest BCUT2D eigenvalue weighted by molar-refractivity contribution is 0.463. The van der Waals surface area contributed by atoms with Crippen molar-refractivity contribution in [1.82, 2.24) is 0 Å². The van der Waals surface area contributed by atoms with Crippen LogP contribution in [0, 0.1) is 0 Å². The van der Waals surface area contributed by atoms with E-state index in [1.807, 2.05) is 12.1 Å². The van der Waals surface area contributed by atoms with E-state index in [1.165, 1.54) is 5.56 Å². The second kappa shape index (κ2) is 4.22. The number of phenolic OH excluding ortho intramolecular Hbond substituents is 1. The Kier molecular flexibility index (Phi) is 3.43. The molecule has 0 radical (unpaired) electrons. The molecule has 1 rings (SSSR count). The maximum absolute atomic E-state index is 9.31. The van der Waals surface area contributed by atoms with Gasteiger partial charge in [0.25, 0.3) is 0 Å². The number of hydrogen-bond acceptors (Lipinski definition) is 1. The number of hydrogen-bond donors (Lipinski definition) is 1. The van der Waals surface area contributed by atoms with E-state index in [-0.39, 0.29) is 11.2 Å². The monoisotopic (exact) mass is 212 g/mol. The van der Waals surface area contributed by atoms with Crippen LogP contribution in [0.15, 0.2) is 18.2 Å². The van der Waals surface area contributed by atoms with Crippen molar-refractivity contribution in [3.05, 3.63) is 28.8 Å². The van der Waals surface area contributed by atoms with Crippen LogP contribution in [-0.4, -0.2) is 5.11 Å². The molecule has 0 aliphatic heterocycles. The fourth-order valence-corrected chi connectivity index (χ4v) is 1.88. The third kappa shape index (κ3) is 2.42. The van der Waals surface area contributed by atoms with Crippen LogP contribution in [0.2, 0.25) is 5.02 Å². The van der Waals surface area contributed by atoms with Crippen LogP contribution in [0.5, 0.6) is 5.75 Å². The number of rotatable bonds is 3. The molecule has 14 heavy (non-hydrogen) atoms. The van der Waals surface area contributed by atoms with Gasteiger partial charge in [-0.05, 0) is 29.5 Å². The van der Waals surface area contributed by atoms with Crippen LogP contribution in [0.1, 0.15) is 39.2 Å². The smallest absolute Gasteiger partial charge is 0.134 e. The molecule has 1 N–H and O–H groups in total. The molecule has 0 amide bonds. The summed E-state index contributed by atoms with van der Waals surface area (Å²) < 4.78 is 0. The summed E-state index contributed by atoms with van der Waals surface area (Å²) in [5.74, 6) is 0.155. The first-order chi connectivity index (χ1) is 6.47. The second-order valence-electron chi connectivity index (χ2n) is 4.30. The van der Waals surface area contributed by atoms with Crippen molar-refractivity contribution in [2.24, 2.45) is 0 Å². The summed E-state index contributed by atoms with van der Waals surface area (Å²) in [6.45, 7) is 6.56. The van der Waals surface area contributed by atoms with E-state index in [1.54, 1.807) is 6.07 Å². The highest BCUT2D eigenvalue weighted by molar-refractivity contribution is 6.32. The van der Waals surface area contributed by atoms with Crippen molar-refractivity contribution in [3.63, 3.8) is 0 Å². The number of benzene rings is 1. The van der Waals surface area contributed by atoms with Gasteiger partial charge in [0.1, 0.15) is 5.75 Å². The molecule has 0 aliphatic carbocycles. The topological polar surface area (TPSA) is 20.2 Å². The highest BCUT2D eigenvalue weighted by Gasteiger charge is 2.19. The standard InChI is InChI=1S/C12H17ClO/c1-4-7-12(2,3)9-5-6-11(14)10(13)8-9/h5-6,8,14H,4,7H2,1-3H3. The van der Waals surface area contributed by atoms with Crippen molar-refractivity contribution in [2.75, 3.05) is 0 Å². The third-order valence-corrected chi connectivity index (χ3v) is 2.91. The molecule has 0 aliphatic rings. The number of halogens is 1. The molecule has 0 fully saturated rings. The molecule has 1 nitrogen and oxygen atoms in total. The van der Waals surface area contributed by atoms with Gasteiger partial charge in [0, 0.05) is 0 Å². The normalized spacial score (nSPS) is 11.7. The maximum atomic E-state index is 9.31. The molecule has 1 aromatic carbocycles. The molecule has 0 heterocycles. The van der Waals surface area contributed by atoms with E-state index in [0.717, 1.165) is 12.8 Å². The summed E-state index contributed by atoms with van der Waals surface area (Å²) in [5, 5.41) is 9.74. The van der Waals surface area contributed by atoms with E-state index in [2.05, 4.69) is 20.8 Å². The molecule has 2 heteroatoms. The summed E-state index contributed by atoms with van der Waals surface area (Å²) in [6.07, 6.45) is 2.26. The van der Waals surface area contributed by atoms with Gasteiger partial charge in [0.05, 0.1) is 5.02 Å². The zero-order valence-electron chi connectivity index (χ0n) is 8.97. The molecule has 0 atom stereocenters. The van der Waals surface area contributed by atoms with Gasteiger partial charge in [0.2, 0.25) is 0 Å². The van der Waals surface area contributed by atoms with Gasteiger partial charge in [-0.3, -0.25) is 0 Å². The van der Waals surface area contributed by atoms with Gasteiger partial charge < -0.3 is 5.11 Å². The van der Waals surface area contributed by atoms with Gasteiger partial charge in [-0.25, -0.2) is 0 Å². The Morgan fingerprint density at radius 3 is 2.50 bits per heavy atom. The van der Waals surface area contributed by atoms with Crippen LogP contribution in [0.3, 0.4) is 0 Å². The lowest BCUT2D eigenvalue weighted by Crippen LogP contribution is -2.16. The van der Waals surface area contributed by atoms with Crippen molar-refractivity contribution >= 4 is 11.6 Å². The quantitative estimate of drug-likeness (QED) is 0.799. The first-order valence-electron chi connectivity index (χ1n) is 4.96. The zero-order valence-corrected chi connectivity index (χ0v) is 9.73. The van der Waals surface area contributed by atoms with Crippen LogP contribution < -0.4 is 0 Å². The summed E-state index contributed by atoms with van der Waals surface area (Å²) in [5.41, 5.74) is 1.31. The predicted molar refractivity (Wildman–Crippen MR) is 61.1 cm³/mol. The molecule has 0 saturated carbocycles. The van der Waals surface area contributed by atoms with Gasteiger partial charge in [0.15, 0.2) is 0 Å². The largest absolute Gasteiger partial charge is 0.506 e. The molecular weight excluding hydrogens is 196 g/mol. The lowest BCUT2D eigenvalue weighted by Gasteiger charge is -2.24. The van der Waals surface area contributed by atoms with Crippen LogP contribution in [0.4, 0.5) is 0 Å². The number of aromatic hydroxyl groups is 1. The minimum absolute atomic E-state index is 0.131. The van der Waals surface area contributed by atoms with E-state index in [4.69, 9.17) is 11.6 Å². The average Bonchev–Trinajstić information content (AvgIpc) is 2.09. The lowest BCUT2D eigenvalue weighted by atomic mass is 9.81. The Morgan fingerprint density at radius 2 is 2.00 bits per heavy atom. The summed E-state index contributed by atoms with van der Waals surface area (Å²) in [6, 6.07) is 5.46. The van der Waals surface area contributed by atoms with E-state index in [9.17, 15) is 5.11 Å². The molecule has 0 unspecified atom stereocenters. The third-order valence-electron chi connectivity index (χ3n) is 2.60. The van der Waals surface area contributed by atoms with Crippen LogP contribution >= 0.6 is 11.6 Å². The Labute approximate surface area is 90.7 Å². The summed E-state index contributed by atoms with van der Waals surface area (Å²) >= 11 is 5.87. The molecule has 0 spiro atoms. The molecule has 0 aromatic heterocycles. The molecule has 1 aromatic rings. The fourth-order valence-electron chi connectivity index (χ4n) is 1.70. The SMILES string of the molecule is CCCC(C)(C)c1ccc(O)c(Cl)c1. The van der Waals surface area contributed by atoms with Crippen molar-refractivity contribution in [2.45, 2.75) is 39.0 Å². The number of phenols is 1. The molecule has 78 valence electrons. The fraction of sp³-hybridized carbons (Fsp3) is 0.500. The Hall–Kier alpha value is -0.690.